The molecule has 0 aliphatic carbocycles. The lowest BCUT2D eigenvalue weighted by Crippen LogP contribution is -2.44. The molecule has 4 rings (SSSR count). The molecule has 2 aliphatic rings. The van der Waals surface area contributed by atoms with Gasteiger partial charge in [0, 0.05) is 29.7 Å². The Morgan fingerprint density at radius 3 is 2.44 bits per heavy atom. The van der Waals surface area contributed by atoms with Gasteiger partial charge < -0.3 is 10.2 Å². The van der Waals surface area contributed by atoms with Crippen LogP contribution in [0.5, 0.6) is 0 Å². The first kappa shape index (κ1) is 23.4. The van der Waals surface area contributed by atoms with Crippen molar-refractivity contribution in [1.82, 2.24) is 15.1 Å². The maximum atomic E-state index is 12.6. The summed E-state index contributed by atoms with van der Waals surface area (Å²) in [6.07, 6.45) is 3.17. The molecule has 1 unspecified atom stereocenters. The molecule has 1 N–H and O–H groups in total. The van der Waals surface area contributed by atoms with E-state index >= 15 is 0 Å². The van der Waals surface area contributed by atoms with Gasteiger partial charge in [-0.25, -0.2) is 0 Å². The average Bonchev–Trinajstić information content (AvgIpc) is 3.29. The lowest BCUT2D eigenvalue weighted by atomic mass is 9.89. The molecule has 170 valence electrons. The first-order valence-electron chi connectivity index (χ1n) is 10.9. The van der Waals surface area contributed by atoms with Crippen LogP contribution in [0, 0.1) is 0 Å². The van der Waals surface area contributed by atoms with Crippen molar-refractivity contribution in [1.29, 1.82) is 0 Å². The summed E-state index contributed by atoms with van der Waals surface area (Å²) in [7, 11) is 0. The van der Waals surface area contributed by atoms with E-state index in [9.17, 15) is 9.59 Å². The Hall–Kier alpha value is -1.79. The van der Waals surface area contributed by atoms with Gasteiger partial charge in [-0.1, -0.05) is 46.9 Å². The number of hydrogen-bond acceptors (Lipinski definition) is 3. The highest BCUT2D eigenvalue weighted by atomic mass is 35.5. The van der Waals surface area contributed by atoms with Crippen LogP contribution in [0.25, 0.3) is 0 Å². The van der Waals surface area contributed by atoms with Crippen molar-refractivity contribution in [2.75, 3.05) is 32.7 Å². The number of piperidine rings is 1. The molecule has 2 amide bonds. The van der Waals surface area contributed by atoms with Crippen molar-refractivity contribution >= 4 is 46.6 Å². The molecule has 2 aromatic carbocycles. The van der Waals surface area contributed by atoms with Crippen molar-refractivity contribution in [2.24, 2.45) is 0 Å². The van der Waals surface area contributed by atoms with Gasteiger partial charge in [-0.3, -0.25) is 14.5 Å². The summed E-state index contributed by atoms with van der Waals surface area (Å²) >= 11 is 18.0. The van der Waals surface area contributed by atoms with Gasteiger partial charge in [-0.05, 0) is 74.2 Å². The maximum absolute atomic E-state index is 12.6. The molecule has 0 spiro atoms. The van der Waals surface area contributed by atoms with Gasteiger partial charge in [0.05, 0.1) is 16.6 Å². The third-order valence-electron chi connectivity index (χ3n) is 6.46. The molecule has 2 saturated heterocycles. The van der Waals surface area contributed by atoms with Crippen molar-refractivity contribution in [3.63, 3.8) is 0 Å². The van der Waals surface area contributed by atoms with Crippen LogP contribution < -0.4 is 5.32 Å². The van der Waals surface area contributed by atoms with E-state index in [1.165, 1.54) is 11.6 Å². The minimum Gasteiger partial charge on any atom is -0.343 e. The molecular weight excluding hydrogens is 469 g/mol. The summed E-state index contributed by atoms with van der Waals surface area (Å²) in [5.41, 5.74) is 1.70. The molecule has 32 heavy (non-hydrogen) atoms. The summed E-state index contributed by atoms with van der Waals surface area (Å²) in [6, 6.07) is 13.2. The predicted molar refractivity (Wildman–Crippen MR) is 129 cm³/mol. The highest BCUT2D eigenvalue weighted by Crippen LogP contribution is 2.31. The molecule has 2 heterocycles. The van der Waals surface area contributed by atoms with E-state index in [0.717, 1.165) is 43.9 Å². The van der Waals surface area contributed by atoms with Gasteiger partial charge >= 0.3 is 0 Å². The zero-order valence-electron chi connectivity index (χ0n) is 17.7. The number of nitrogens with one attached hydrogen (secondary N) is 1. The SMILES string of the molecule is O=C(NCC(=O)N1CCC(N2CCC(c3cccc(Cl)c3)CC2)C1)c1ccc(Cl)c(Cl)c1. The number of carbonyl (C=O) groups excluding carboxylic acids is 2. The lowest BCUT2D eigenvalue weighted by Gasteiger charge is -2.36. The second-order valence-electron chi connectivity index (χ2n) is 8.46. The number of likely N-dealkylation sites (tertiary alicyclic amines) is 2. The second-order valence-corrected chi connectivity index (χ2v) is 9.71. The Labute approximate surface area is 203 Å². The van der Waals surface area contributed by atoms with E-state index in [4.69, 9.17) is 34.8 Å². The third kappa shape index (κ3) is 5.57. The topological polar surface area (TPSA) is 52.7 Å². The monoisotopic (exact) mass is 493 g/mol. The Bertz CT molecular complexity index is 992. The number of benzene rings is 2. The number of halogens is 3. The highest BCUT2D eigenvalue weighted by Gasteiger charge is 2.32. The number of hydrogen-bond donors (Lipinski definition) is 1. The van der Waals surface area contributed by atoms with E-state index in [1.54, 1.807) is 12.1 Å². The van der Waals surface area contributed by atoms with Crippen LogP contribution in [0.2, 0.25) is 15.1 Å². The number of carbonyl (C=O) groups is 2. The van der Waals surface area contributed by atoms with Gasteiger partial charge in [0.2, 0.25) is 5.91 Å². The Balaban J connectivity index is 1.23. The minimum absolute atomic E-state index is 0.0252. The lowest BCUT2D eigenvalue weighted by molar-refractivity contribution is -0.129. The maximum Gasteiger partial charge on any atom is 0.251 e. The molecular formula is C24H26Cl3N3O2. The van der Waals surface area contributed by atoms with Gasteiger partial charge in [-0.15, -0.1) is 0 Å². The molecule has 8 heteroatoms. The summed E-state index contributed by atoms with van der Waals surface area (Å²) in [6.45, 7) is 3.46. The molecule has 1 atom stereocenters. The van der Waals surface area contributed by atoms with Crippen LogP contribution in [-0.2, 0) is 4.79 Å². The zero-order chi connectivity index (χ0) is 22.7. The van der Waals surface area contributed by atoms with E-state index in [0.29, 0.717) is 34.1 Å². The molecule has 0 radical (unpaired) electrons. The quantitative estimate of drug-likeness (QED) is 0.646. The Morgan fingerprint density at radius 1 is 0.938 bits per heavy atom. The van der Waals surface area contributed by atoms with Crippen LogP contribution in [-0.4, -0.2) is 60.4 Å². The van der Waals surface area contributed by atoms with E-state index < -0.39 is 0 Å². The molecule has 2 aromatic rings. The highest BCUT2D eigenvalue weighted by molar-refractivity contribution is 6.42. The normalized spacial score (nSPS) is 19.8. The summed E-state index contributed by atoms with van der Waals surface area (Å²) in [5.74, 6) is 0.145. The summed E-state index contributed by atoms with van der Waals surface area (Å²) in [5, 5.41) is 4.18. The van der Waals surface area contributed by atoms with Gasteiger partial charge in [-0.2, -0.15) is 0 Å². The predicted octanol–water partition coefficient (Wildman–Crippen LogP) is 4.86. The van der Waals surface area contributed by atoms with Crippen LogP contribution in [0.15, 0.2) is 42.5 Å². The second kappa shape index (κ2) is 10.4. The first-order chi connectivity index (χ1) is 15.4. The van der Waals surface area contributed by atoms with Crippen LogP contribution >= 0.6 is 34.8 Å². The smallest absolute Gasteiger partial charge is 0.251 e. The van der Waals surface area contributed by atoms with Crippen molar-refractivity contribution < 1.29 is 9.59 Å². The van der Waals surface area contributed by atoms with E-state index in [-0.39, 0.29) is 18.4 Å². The van der Waals surface area contributed by atoms with Crippen LogP contribution in [0.3, 0.4) is 0 Å². The summed E-state index contributed by atoms with van der Waals surface area (Å²) in [4.78, 5) is 29.3. The van der Waals surface area contributed by atoms with Gasteiger partial charge in [0.1, 0.15) is 0 Å². The average molecular weight is 495 g/mol. The largest absolute Gasteiger partial charge is 0.343 e. The fraction of sp³-hybridized carbons (Fsp3) is 0.417. The van der Waals surface area contributed by atoms with E-state index in [2.05, 4.69) is 22.3 Å². The fourth-order valence-electron chi connectivity index (χ4n) is 4.63. The van der Waals surface area contributed by atoms with Crippen molar-refractivity contribution in [3.05, 3.63) is 68.7 Å². The Morgan fingerprint density at radius 2 is 1.72 bits per heavy atom. The summed E-state index contributed by atoms with van der Waals surface area (Å²) < 4.78 is 0. The molecule has 2 fully saturated rings. The minimum atomic E-state index is -0.337. The van der Waals surface area contributed by atoms with Crippen LogP contribution in [0.4, 0.5) is 0 Å². The number of rotatable bonds is 5. The number of amides is 2. The Kier molecular flexibility index (Phi) is 7.62. The standard InChI is InChI=1S/C24H26Cl3N3O2/c25-19-3-1-2-17(12-19)16-6-9-29(10-7-16)20-8-11-30(15-20)23(31)14-28-24(32)18-4-5-21(26)22(27)13-18/h1-5,12-13,16,20H,6-11,14-15H2,(H,28,32). The third-order valence-corrected chi connectivity index (χ3v) is 7.44. The zero-order valence-corrected chi connectivity index (χ0v) is 20.0. The number of nitrogens with zero attached hydrogens (tertiary/aromatic N) is 2. The molecule has 5 nitrogen and oxygen atoms in total. The fourth-order valence-corrected chi connectivity index (χ4v) is 5.13. The van der Waals surface area contributed by atoms with Crippen molar-refractivity contribution in [2.45, 2.75) is 31.2 Å². The van der Waals surface area contributed by atoms with Crippen molar-refractivity contribution in [3.8, 4) is 0 Å². The molecule has 0 saturated carbocycles. The first-order valence-corrected chi connectivity index (χ1v) is 12.0. The molecule has 0 aromatic heterocycles. The van der Waals surface area contributed by atoms with Crippen LogP contribution in [0.1, 0.15) is 41.1 Å². The van der Waals surface area contributed by atoms with Gasteiger partial charge in [0.25, 0.3) is 5.91 Å². The molecule has 2 aliphatic heterocycles. The molecule has 0 bridgehead atoms. The van der Waals surface area contributed by atoms with E-state index in [1.807, 2.05) is 17.0 Å². The van der Waals surface area contributed by atoms with Gasteiger partial charge in [0.15, 0.2) is 0 Å².